The van der Waals surface area contributed by atoms with E-state index < -0.39 is 0 Å². The zero-order chi connectivity index (χ0) is 16.7. The molecule has 1 amide bonds. The van der Waals surface area contributed by atoms with Crippen LogP contribution in [-0.4, -0.2) is 21.0 Å². The number of thiophene rings is 1. The van der Waals surface area contributed by atoms with Gasteiger partial charge in [-0.2, -0.15) is 0 Å². The number of thiazole rings is 1. The van der Waals surface area contributed by atoms with Crippen LogP contribution >= 0.6 is 22.7 Å². The van der Waals surface area contributed by atoms with Crippen LogP contribution in [0.4, 0.5) is 5.13 Å². The average molecular weight is 356 g/mol. The largest absolute Gasteiger partial charge is 0.335 e. The van der Waals surface area contributed by atoms with Gasteiger partial charge in [0, 0.05) is 5.38 Å². The van der Waals surface area contributed by atoms with Crippen LogP contribution in [0.25, 0.3) is 21.7 Å². The molecule has 0 unspecified atom stereocenters. The summed E-state index contributed by atoms with van der Waals surface area (Å²) in [5.74, 6) is -0.249. The van der Waals surface area contributed by atoms with Crippen molar-refractivity contribution < 1.29 is 9.32 Å². The Hall–Kier alpha value is -2.58. The molecule has 0 radical (unpaired) electrons. The summed E-state index contributed by atoms with van der Waals surface area (Å²) in [6.45, 7) is 3.68. The van der Waals surface area contributed by atoms with Gasteiger partial charge in [0.1, 0.15) is 0 Å². The Labute approximate surface area is 145 Å². The molecule has 8 heteroatoms. The molecule has 0 fully saturated rings. The summed E-state index contributed by atoms with van der Waals surface area (Å²) in [5.41, 5.74) is 3.04. The van der Waals surface area contributed by atoms with Crippen LogP contribution in [0.5, 0.6) is 0 Å². The lowest BCUT2D eigenvalue weighted by molar-refractivity contribution is 0.102. The van der Waals surface area contributed by atoms with Crippen molar-refractivity contribution in [2.45, 2.75) is 13.8 Å². The van der Waals surface area contributed by atoms with E-state index in [-0.39, 0.29) is 5.91 Å². The van der Waals surface area contributed by atoms with E-state index in [1.165, 1.54) is 11.3 Å². The van der Waals surface area contributed by atoms with Crippen LogP contribution < -0.4 is 5.32 Å². The monoisotopic (exact) mass is 356 g/mol. The van der Waals surface area contributed by atoms with Crippen molar-refractivity contribution in [1.29, 1.82) is 0 Å². The standard InChI is InChI=1S/C16H12N4O2S2/c1-8-7-24-16(17-8)19-14(21)10-6-11(12-4-3-5-23-12)18-15-13(10)9(2)20-22-15/h3-7H,1-2H3,(H,17,19,21). The van der Waals surface area contributed by atoms with Gasteiger partial charge in [0.2, 0.25) is 0 Å². The minimum absolute atomic E-state index is 0.249. The van der Waals surface area contributed by atoms with Gasteiger partial charge >= 0.3 is 0 Å². The highest BCUT2D eigenvalue weighted by atomic mass is 32.1. The first kappa shape index (κ1) is 15.0. The minimum Gasteiger partial charge on any atom is -0.335 e. The number of aryl methyl sites for hydroxylation is 2. The first-order chi connectivity index (χ1) is 11.6. The summed E-state index contributed by atoms with van der Waals surface area (Å²) in [6, 6.07) is 5.66. The Morgan fingerprint density at radius 2 is 2.12 bits per heavy atom. The van der Waals surface area contributed by atoms with Crippen molar-refractivity contribution in [3.05, 3.63) is 45.9 Å². The van der Waals surface area contributed by atoms with Crippen LogP contribution in [0.15, 0.2) is 33.5 Å². The van der Waals surface area contributed by atoms with Gasteiger partial charge in [0.25, 0.3) is 11.6 Å². The number of nitrogens with zero attached hydrogens (tertiary/aromatic N) is 3. The molecule has 120 valence electrons. The number of anilines is 1. The number of fused-ring (bicyclic) bond motifs is 1. The second-order valence-electron chi connectivity index (χ2n) is 5.23. The van der Waals surface area contributed by atoms with Gasteiger partial charge in [-0.3, -0.25) is 10.1 Å². The van der Waals surface area contributed by atoms with E-state index in [0.29, 0.717) is 33.2 Å². The summed E-state index contributed by atoms with van der Waals surface area (Å²) < 4.78 is 5.28. The first-order valence-electron chi connectivity index (χ1n) is 7.16. The van der Waals surface area contributed by atoms with Gasteiger partial charge < -0.3 is 4.52 Å². The minimum atomic E-state index is -0.249. The average Bonchev–Trinajstić information content (AvgIpc) is 3.29. The molecule has 4 aromatic rings. The molecule has 0 aliphatic heterocycles. The van der Waals surface area contributed by atoms with Crippen LogP contribution in [-0.2, 0) is 0 Å². The normalized spacial score (nSPS) is 11.1. The molecule has 1 N–H and O–H groups in total. The molecule has 0 atom stereocenters. The number of hydrogen-bond donors (Lipinski definition) is 1. The number of rotatable bonds is 3. The third-order valence-corrected chi connectivity index (χ3v) is 5.24. The zero-order valence-corrected chi connectivity index (χ0v) is 14.5. The Balaban J connectivity index is 1.83. The van der Waals surface area contributed by atoms with Crippen molar-refractivity contribution in [2.75, 3.05) is 5.32 Å². The molecule has 0 aliphatic rings. The lowest BCUT2D eigenvalue weighted by Crippen LogP contribution is -2.13. The Bertz CT molecular complexity index is 1030. The predicted molar refractivity (Wildman–Crippen MR) is 94.7 cm³/mol. The maximum absolute atomic E-state index is 12.8. The van der Waals surface area contributed by atoms with Crippen LogP contribution in [0.3, 0.4) is 0 Å². The highest BCUT2D eigenvalue weighted by Crippen LogP contribution is 2.30. The fourth-order valence-corrected chi connectivity index (χ4v) is 3.77. The van der Waals surface area contributed by atoms with Gasteiger partial charge in [0.05, 0.1) is 32.9 Å². The van der Waals surface area contributed by atoms with E-state index >= 15 is 0 Å². The maximum atomic E-state index is 12.8. The van der Waals surface area contributed by atoms with Gasteiger partial charge in [-0.25, -0.2) is 9.97 Å². The summed E-state index contributed by atoms with van der Waals surface area (Å²) >= 11 is 2.94. The fraction of sp³-hybridized carbons (Fsp3) is 0.125. The Kier molecular flexibility index (Phi) is 3.62. The van der Waals surface area contributed by atoms with E-state index in [1.807, 2.05) is 29.8 Å². The van der Waals surface area contributed by atoms with E-state index in [1.54, 1.807) is 24.3 Å². The highest BCUT2D eigenvalue weighted by Gasteiger charge is 2.20. The molecular weight excluding hydrogens is 344 g/mol. The third-order valence-electron chi connectivity index (χ3n) is 3.47. The zero-order valence-electron chi connectivity index (χ0n) is 12.9. The molecule has 0 bridgehead atoms. The lowest BCUT2D eigenvalue weighted by atomic mass is 10.1. The van der Waals surface area contributed by atoms with E-state index in [2.05, 4.69) is 20.4 Å². The number of hydrogen-bond acceptors (Lipinski definition) is 7. The van der Waals surface area contributed by atoms with Crippen molar-refractivity contribution in [3.63, 3.8) is 0 Å². The van der Waals surface area contributed by atoms with Crippen LogP contribution in [0.2, 0.25) is 0 Å². The van der Waals surface area contributed by atoms with E-state index in [9.17, 15) is 4.79 Å². The molecule has 4 rings (SSSR count). The van der Waals surface area contributed by atoms with E-state index in [4.69, 9.17) is 4.52 Å². The number of pyridine rings is 1. The third kappa shape index (κ3) is 2.59. The molecule has 0 saturated carbocycles. The van der Waals surface area contributed by atoms with Crippen LogP contribution in [0, 0.1) is 13.8 Å². The predicted octanol–water partition coefficient (Wildman–Crippen LogP) is 4.28. The molecule has 24 heavy (non-hydrogen) atoms. The second kappa shape index (κ2) is 5.81. The van der Waals surface area contributed by atoms with Crippen LogP contribution in [0.1, 0.15) is 21.7 Å². The number of carbonyl (C=O) groups is 1. The quantitative estimate of drug-likeness (QED) is 0.593. The smallest absolute Gasteiger partial charge is 0.259 e. The number of nitrogens with one attached hydrogen (secondary N) is 1. The summed E-state index contributed by atoms with van der Waals surface area (Å²) in [7, 11) is 0. The lowest BCUT2D eigenvalue weighted by Gasteiger charge is -2.05. The second-order valence-corrected chi connectivity index (χ2v) is 7.03. The Morgan fingerprint density at radius 3 is 2.83 bits per heavy atom. The van der Waals surface area contributed by atoms with Crippen molar-refractivity contribution in [3.8, 4) is 10.6 Å². The first-order valence-corrected chi connectivity index (χ1v) is 8.92. The molecule has 0 aromatic carbocycles. The Morgan fingerprint density at radius 1 is 1.25 bits per heavy atom. The highest BCUT2D eigenvalue weighted by molar-refractivity contribution is 7.14. The van der Waals surface area contributed by atoms with E-state index in [0.717, 1.165) is 10.6 Å². The topological polar surface area (TPSA) is 80.9 Å². The van der Waals surface area contributed by atoms with Gasteiger partial charge in [-0.1, -0.05) is 11.2 Å². The van der Waals surface area contributed by atoms with Crippen molar-refractivity contribution >= 4 is 44.8 Å². The number of amides is 1. The summed E-state index contributed by atoms with van der Waals surface area (Å²) in [5, 5.41) is 11.8. The fourth-order valence-electron chi connectivity index (χ4n) is 2.40. The maximum Gasteiger partial charge on any atom is 0.259 e. The number of carbonyl (C=O) groups excluding carboxylic acids is 1. The summed E-state index contributed by atoms with van der Waals surface area (Å²) in [6.07, 6.45) is 0. The molecule has 4 heterocycles. The molecule has 6 nitrogen and oxygen atoms in total. The van der Waals surface area contributed by atoms with Crippen molar-refractivity contribution in [2.24, 2.45) is 0 Å². The summed E-state index contributed by atoms with van der Waals surface area (Å²) in [4.78, 5) is 22.5. The molecule has 0 saturated heterocycles. The van der Waals surface area contributed by atoms with Gasteiger partial charge in [0.15, 0.2) is 5.13 Å². The van der Waals surface area contributed by atoms with Gasteiger partial charge in [-0.05, 0) is 31.4 Å². The molecular formula is C16H12N4O2S2. The van der Waals surface area contributed by atoms with Crippen molar-refractivity contribution in [1.82, 2.24) is 15.1 Å². The number of aromatic nitrogens is 3. The SMILES string of the molecule is Cc1csc(NC(=O)c2cc(-c3cccs3)nc3onc(C)c23)n1. The molecule has 0 aliphatic carbocycles. The molecule has 4 aromatic heterocycles. The van der Waals surface area contributed by atoms with Gasteiger partial charge in [-0.15, -0.1) is 22.7 Å². The molecule has 0 spiro atoms.